The van der Waals surface area contributed by atoms with Gasteiger partial charge in [-0.25, -0.2) is 8.78 Å². The van der Waals surface area contributed by atoms with E-state index in [2.05, 4.69) is 16.9 Å². The number of fused-ring (bicyclic) bond motifs is 3. The van der Waals surface area contributed by atoms with E-state index in [1.54, 1.807) is 17.8 Å². The standard InChI is InChI=1S/C26H36F2N4S/c1-18(27)17-23(32-15-7-4-8-16-32)22(28)9-5-6-14-30-20(3)26-25(29)21-11-10-19(2)31-24(33-26)13-12-21/h9-11,17-18,30H,3-8,12-16,29H2,1-2H3/b19-10-,21-11+,22-9+,23-17+,31-24+. The Labute approximate surface area is 201 Å². The number of nitrogens with two attached hydrogens (primary N) is 1. The number of unbranched alkanes of at least 4 members (excludes halogenated alkanes) is 1. The van der Waals surface area contributed by atoms with E-state index >= 15 is 0 Å². The number of rotatable bonds is 9. The van der Waals surface area contributed by atoms with E-state index in [-0.39, 0.29) is 5.83 Å². The topological polar surface area (TPSA) is 53.6 Å². The van der Waals surface area contributed by atoms with Gasteiger partial charge in [-0.1, -0.05) is 24.4 Å². The number of piperidine rings is 1. The summed E-state index contributed by atoms with van der Waals surface area (Å²) in [5, 5.41) is 4.38. The molecular weight excluding hydrogens is 438 g/mol. The quantitative estimate of drug-likeness (QED) is 0.300. The Hall–Kier alpha value is -2.28. The average Bonchev–Trinajstić information content (AvgIpc) is 2.90. The maximum Gasteiger partial charge on any atom is 0.142 e. The number of alkyl halides is 1. The van der Waals surface area contributed by atoms with Crippen molar-refractivity contribution in [3.63, 3.8) is 0 Å². The monoisotopic (exact) mass is 474 g/mol. The third kappa shape index (κ3) is 7.36. The Bertz CT molecular complexity index is 919. The number of allylic oxidation sites excluding steroid dienone is 7. The summed E-state index contributed by atoms with van der Waals surface area (Å²) in [5.41, 5.74) is 10.4. The van der Waals surface area contributed by atoms with E-state index in [4.69, 9.17) is 5.73 Å². The molecule has 0 aromatic heterocycles. The Morgan fingerprint density at radius 3 is 2.79 bits per heavy atom. The molecule has 0 radical (unpaired) electrons. The summed E-state index contributed by atoms with van der Waals surface area (Å²) in [6.45, 7) is 9.82. The lowest BCUT2D eigenvalue weighted by Crippen LogP contribution is -2.30. The zero-order valence-corrected chi connectivity index (χ0v) is 20.6. The molecule has 3 N–H and O–H groups in total. The van der Waals surface area contributed by atoms with Crippen LogP contribution in [0.1, 0.15) is 58.8 Å². The fourth-order valence-corrected chi connectivity index (χ4v) is 5.19. The molecule has 2 bridgehead atoms. The molecule has 0 aliphatic carbocycles. The maximum absolute atomic E-state index is 14.9. The van der Waals surface area contributed by atoms with Crippen molar-refractivity contribution in [2.45, 2.75) is 65.0 Å². The molecule has 180 valence electrons. The molecule has 3 aliphatic rings. The minimum Gasteiger partial charge on any atom is -0.398 e. The van der Waals surface area contributed by atoms with Crippen LogP contribution in [0.25, 0.3) is 0 Å². The van der Waals surface area contributed by atoms with Gasteiger partial charge in [-0.05, 0) is 76.2 Å². The molecule has 1 atom stereocenters. The normalized spacial score (nSPS) is 25.7. The van der Waals surface area contributed by atoms with Gasteiger partial charge >= 0.3 is 0 Å². The fourth-order valence-electron chi connectivity index (χ4n) is 4.12. The second-order valence-corrected chi connectivity index (χ2v) is 9.81. The Balaban J connectivity index is 1.55. The predicted molar refractivity (Wildman–Crippen MR) is 137 cm³/mol. The molecule has 33 heavy (non-hydrogen) atoms. The molecule has 3 rings (SSSR count). The molecule has 4 nitrogen and oxygen atoms in total. The van der Waals surface area contributed by atoms with Crippen LogP contribution >= 0.6 is 11.8 Å². The summed E-state index contributed by atoms with van der Waals surface area (Å²) in [4.78, 5) is 7.56. The van der Waals surface area contributed by atoms with Crippen molar-refractivity contribution in [2.24, 2.45) is 10.7 Å². The first kappa shape index (κ1) is 25.3. The molecule has 7 heteroatoms. The van der Waals surface area contributed by atoms with E-state index in [0.29, 0.717) is 18.7 Å². The summed E-state index contributed by atoms with van der Waals surface area (Å²) in [6, 6.07) is 0. The molecule has 3 heterocycles. The van der Waals surface area contributed by atoms with Crippen LogP contribution in [-0.2, 0) is 0 Å². The molecule has 0 aromatic rings. The second-order valence-electron chi connectivity index (χ2n) is 8.73. The third-order valence-corrected chi connectivity index (χ3v) is 7.09. The Morgan fingerprint density at radius 2 is 2.06 bits per heavy atom. The van der Waals surface area contributed by atoms with Gasteiger partial charge in [0.05, 0.1) is 21.3 Å². The van der Waals surface area contributed by atoms with Gasteiger partial charge in [0.1, 0.15) is 12.0 Å². The highest BCUT2D eigenvalue weighted by Crippen LogP contribution is 2.36. The smallest absolute Gasteiger partial charge is 0.142 e. The molecule has 1 unspecified atom stereocenters. The van der Waals surface area contributed by atoms with Crippen molar-refractivity contribution < 1.29 is 8.78 Å². The molecular formula is C26H36F2N4S. The number of halogens is 2. The summed E-state index contributed by atoms with van der Waals surface area (Å²) in [7, 11) is 0. The van der Waals surface area contributed by atoms with Gasteiger partial charge in [-0.2, -0.15) is 0 Å². The summed E-state index contributed by atoms with van der Waals surface area (Å²) < 4.78 is 28.5. The molecule has 1 saturated heterocycles. The Kier molecular flexibility index (Phi) is 9.41. The average molecular weight is 475 g/mol. The van der Waals surface area contributed by atoms with Crippen molar-refractivity contribution in [3.05, 3.63) is 70.0 Å². The molecule has 3 aliphatic heterocycles. The fraction of sp³-hybridized carbons (Fsp3) is 0.500. The highest BCUT2D eigenvalue weighted by molar-refractivity contribution is 8.17. The number of aliphatic imine (C=N–C) groups is 1. The van der Waals surface area contributed by atoms with Crippen molar-refractivity contribution in [2.75, 3.05) is 19.6 Å². The van der Waals surface area contributed by atoms with E-state index in [9.17, 15) is 8.78 Å². The van der Waals surface area contributed by atoms with Gasteiger partial charge < -0.3 is 16.0 Å². The van der Waals surface area contributed by atoms with E-state index in [1.807, 2.05) is 24.0 Å². The highest BCUT2D eigenvalue weighted by Gasteiger charge is 2.21. The number of likely N-dealkylation sites (tertiary alicyclic amines) is 1. The van der Waals surface area contributed by atoms with Crippen molar-refractivity contribution >= 4 is 16.8 Å². The van der Waals surface area contributed by atoms with E-state index in [1.165, 1.54) is 13.0 Å². The minimum absolute atomic E-state index is 0.330. The van der Waals surface area contributed by atoms with Crippen molar-refractivity contribution in [3.8, 4) is 0 Å². The van der Waals surface area contributed by atoms with Gasteiger partial charge in [-0.15, -0.1) is 0 Å². The highest BCUT2D eigenvalue weighted by atomic mass is 32.2. The lowest BCUT2D eigenvalue weighted by atomic mass is 10.0. The number of hydrogen-bond acceptors (Lipinski definition) is 5. The SMILES string of the molecule is C=C(NCCC/C=C(F)\C(=C/C(C)F)N1CCCCC1)C1=C(N)/C2=C/C=C(C)\N=C(/CC2)S1. The van der Waals surface area contributed by atoms with Gasteiger partial charge in [-0.3, -0.25) is 4.99 Å². The van der Waals surface area contributed by atoms with Crippen LogP contribution in [0.2, 0.25) is 0 Å². The van der Waals surface area contributed by atoms with Crippen LogP contribution in [0.5, 0.6) is 0 Å². The molecule has 0 saturated carbocycles. The predicted octanol–water partition coefficient (Wildman–Crippen LogP) is 6.39. The molecule has 1 fully saturated rings. The van der Waals surface area contributed by atoms with Crippen LogP contribution in [0.4, 0.5) is 8.78 Å². The maximum atomic E-state index is 14.9. The van der Waals surface area contributed by atoms with Gasteiger partial charge in [0.2, 0.25) is 0 Å². The van der Waals surface area contributed by atoms with E-state index in [0.717, 1.165) is 84.2 Å². The lowest BCUT2D eigenvalue weighted by molar-refractivity contribution is 0.275. The van der Waals surface area contributed by atoms with Crippen LogP contribution in [0.3, 0.4) is 0 Å². The zero-order valence-electron chi connectivity index (χ0n) is 19.8. The van der Waals surface area contributed by atoms with Crippen LogP contribution in [-0.4, -0.2) is 35.7 Å². The van der Waals surface area contributed by atoms with Crippen molar-refractivity contribution in [1.29, 1.82) is 0 Å². The molecule has 0 spiro atoms. The second kappa shape index (κ2) is 12.3. The Morgan fingerprint density at radius 1 is 1.30 bits per heavy atom. The van der Waals surface area contributed by atoms with E-state index < -0.39 is 6.17 Å². The van der Waals surface area contributed by atoms with Crippen molar-refractivity contribution in [1.82, 2.24) is 10.2 Å². The van der Waals surface area contributed by atoms with Gasteiger partial charge in [0.25, 0.3) is 0 Å². The number of nitrogens with one attached hydrogen (secondary N) is 1. The largest absolute Gasteiger partial charge is 0.398 e. The number of hydrogen-bond donors (Lipinski definition) is 2. The first-order chi connectivity index (χ1) is 15.8. The van der Waals surface area contributed by atoms with Crippen LogP contribution in [0, 0.1) is 0 Å². The van der Waals surface area contributed by atoms with Crippen LogP contribution in [0.15, 0.2) is 75.0 Å². The number of nitrogens with zero attached hydrogens (tertiary/aromatic N) is 2. The zero-order chi connectivity index (χ0) is 23.8. The number of thioether (sulfide) groups is 1. The van der Waals surface area contributed by atoms with Gasteiger partial charge in [0, 0.05) is 37.4 Å². The summed E-state index contributed by atoms with van der Waals surface area (Å²) >= 11 is 1.58. The third-order valence-electron chi connectivity index (χ3n) is 5.89. The minimum atomic E-state index is -1.18. The molecule has 0 aromatic carbocycles. The first-order valence-corrected chi connectivity index (χ1v) is 12.7. The van der Waals surface area contributed by atoms with Gasteiger partial charge in [0.15, 0.2) is 0 Å². The molecule has 0 amide bonds. The summed E-state index contributed by atoms with van der Waals surface area (Å²) in [6.07, 6.45) is 12.0. The first-order valence-electron chi connectivity index (χ1n) is 11.9. The lowest BCUT2D eigenvalue weighted by Gasteiger charge is -2.30. The summed E-state index contributed by atoms with van der Waals surface area (Å²) in [5.74, 6) is -0.330. The van der Waals surface area contributed by atoms with Crippen LogP contribution < -0.4 is 11.1 Å².